The van der Waals surface area contributed by atoms with E-state index in [-0.39, 0.29) is 12.5 Å². The zero-order chi connectivity index (χ0) is 19.5. The van der Waals surface area contributed by atoms with Crippen LogP contribution in [0.25, 0.3) is 10.2 Å². The summed E-state index contributed by atoms with van der Waals surface area (Å²) in [5, 5.41) is 0. The molecule has 1 aromatic heterocycles. The van der Waals surface area contributed by atoms with Crippen LogP contribution in [0.5, 0.6) is 11.5 Å². The molecular formula is C21H22N2O4S. The van der Waals surface area contributed by atoms with Crippen LogP contribution in [0.1, 0.15) is 12.5 Å². The molecule has 1 atom stereocenters. The summed E-state index contributed by atoms with van der Waals surface area (Å²) >= 11 is 1.50. The Bertz CT molecular complexity index is 1070. The molecular weight excluding hydrogens is 376 g/mol. The number of aryl methyl sites for hydroxylation is 1. The van der Waals surface area contributed by atoms with Crippen LogP contribution in [0.4, 0.5) is 0 Å². The Morgan fingerprint density at radius 2 is 2.07 bits per heavy atom. The number of fused-ring (bicyclic) bond motifs is 2. The number of para-hydroxylation sites is 3. The minimum Gasteiger partial charge on any atom is -0.485 e. The predicted molar refractivity (Wildman–Crippen MR) is 108 cm³/mol. The average molecular weight is 398 g/mol. The third kappa shape index (κ3) is 3.68. The highest BCUT2D eigenvalue weighted by molar-refractivity contribution is 7.16. The van der Waals surface area contributed by atoms with E-state index in [0.29, 0.717) is 36.1 Å². The van der Waals surface area contributed by atoms with Crippen LogP contribution in [-0.4, -0.2) is 36.4 Å². The van der Waals surface area contributed by atoms with Crippen LogP contribution in [0.15, 0.2) is 47.5 Å². The lowest BCUT2D eigenvalue weighted by molar-refractivity contribution is -0.127. The molecule has 28 heavy (non-hydrogen) atoms. The number of rotatable bonds is 5. The van der Waals surface area contributed by atoms with Crippen molar-refractivity contribution in [3.63, 3.8) is 0 Å². The van der Waals surface area contributed by atoms with Gasteiger partial charge < -0.3 is 18.8 Å². The van der Waals surface area contributed by atoms with Gasteiger partial charge in [-0.1, -0.05) is 35.6 Å². The molecule has 0 spiro atoms. The molecule has 2 heterocycles. The zero-order valence-electron chi connectivity index (χ0n) is 15.9. The van der Waals surface area contributed by atoms with E-state index in [1.54, 1.807) is 6.07 Å². The van der Waals surface area contributed by atoms with Crippen LogP contribution in [0, 0.1) is 6.92 Å². The smallest absolute Gasteiger partial charge is 0.292 e. The summed E-state index contributed by atoms with van der Waals surface area (Å²) in [6, 6.07) is 13.5. The molecule has 4 rings (SSSR count). The van der Waals surface area contributed by atoms with Gasteiger partial charge in [-0.05, 0) is 37.6 Å². The van der Waals surface area contributed by atoms with E-state index in [2.05, 4.69) is 22.5 Å². The molecule has 6 nitrogen and oxygen atoms in total. The van der Waals surface area contributed by atoms with E-state index >= 15 is 0 Å². The summed E-state index contributed by atoms with van der Waals surface area (Å²) in [6.45, 7) is 6.04. The third-order valence-electron chi connectivity index (χ3n) is 4.56. The first-order valence-corrected chi connectivity index (χ1v) is 10.1. The number of hydrogen-bond donors (Lipinski definition) is 0. The summed E-state index contributed by atoms with van der Waals surface area (Å²) in [7, 11) is 0. The Hall–Kier alpha value is -2.64. The first kappa shape index (κ1) is 18.7. The van der Waals surface area contributed by atoms with Crippen molar-refractivity contribution in [2.75, 3.05) is 19.8 Å². The minimum absolute atomic E-state index is 0.155. The number of amides is 1. The second-order valence-electron chi connectivity index (χ2n) is 6.47. The maximum absolute atomic E-state index is 12.8. The van der Waals surface area contributed by atoms with Crippen molar-refractivity contribution in [1.29, 1.82) is 0 Å². The summed E-state index contributed by atoms with van der Waals surface area (Å²) in [4.78, 5) is 17.9. The molecule has 7 heteroatoms. The maximum atomic E-state index is 12.8. The molecule has 1 aliphatic rings. The number of hydrogen-bond acceptors (Lipinski definition) is 5. The number of aromatic nitrogens is 1. The highest BCUT2D eigenvalue weighted by atomic mass is 32.1. The van der Waals surface area contributed by atoms with Gasteiger partial charge in [0, 0.05) is 13.2 Å². The number of thiazole rings is 1. The van der Waals surface area contributed by atoms with E-state index in [4.69, 9.17) is 14.2 Å². The quantitative estimate of drug-likeness (QED) is 0.619. The van der Waals surface area contributed by atoms with Gasteiger partial charge in [-0.3, -0.25) is 4.79 Å². The first-order chi connectivity index (χ1) is 13.7. The highest BCUT2D eigenvalue weighted by Crippen LogP contribution is 2.31. The van der Waals surface area contributed by atoms with Crippen molar-refractivity contribution in [3.05, 3.63) is 52.8 Å². The van der Waals surface area contributed by atoms with Crippen molar-refractivity contribution >= 4 is 27.5 Å². The Labute approximate surface area is 167 Å². The number of ether oxygens (including phenoxy) is 3. The fourth-order valence-corrected chi connectivity index (χ4v) is 4.35. The second kappa shape index (κ2) is 8.16. The second-order valence-corrected chi connectivity index (χ2v) is 7.48. The fourth-order valence-electron chi connectivity index (χ4n) is 3.21. The molecule has 1 amide bonds. The third-order valence-corrected chi connectivity index (χ3v) is 5.60. The Kier molecular flexibility index (Phi) is 5.45. The zero-order valence-corrected chi connectivity index (χ0v) is 16.7. The Balaban J connectivity index is 1.68. The van der Waals surface area contributed by atoms with Crippen molar-refractivity contribution in [2.45, 2.75) is 26.5 Å². The minimum atomic E-state index is -0.749. The molecule has 1 aliphatic heterocycles. The van der Waals surface area contributed by atoms with Crippen molar-refractivity contribution in [2.24, 2.45) is 4.99 Å². The van der Waals surface area contributed by atoms with E-state index in [9.17, 15) is 4.79 Å². The Morgan fingerprint density at radius 1 is 1.25 bits per heavy atom. The molecule has 146 valence electrons. The van der Waals surface area contributed by atoms with E-state index in [0.717, 1.165) is 15.8 Å². The van der Waals surface area contributed by atoms with Gasteiger partial charge in [0.2, 0.25) is 6.10 Å². The van der Waals surface area contributed by atoms with Gasteiger partial charge in [-0.15, -0.1) is 0 Å². The largest absolute Gasteiger partial charge is 0.485 e. The molecule has 0 saturated carbocycles. The summed E-state index contributed by atoms with van der Waals surface area (Å²) in [5.41, 5.74) is 2.23. The van der Waals surface area contributed by atoms with Gasteiger partial charge in [0.05, 0.1) is 16.8 Å². The molecule has 0 aliphatic carbocycles. The lowest BCUT2D eigenvalue weighted by Crippen LogP contribution is -2.37. The number of carbonyl (C=O) groups excluding carboxylic acids is 1. The molecule has 0 fully saturated rings. The molecule has 0 unspecified atom stereocenters. The molecule has 0 N–H and O–H groups in total. The average Bonchev–Trinajstić information content (AvgIpc) is 3.06. The molecule has 0 radical (unpaired) electrons. The van der Waals surface area contributed by atoms with Gasteiger partial charge in [0.15, 0.2) is 16.3 Å². The highest BCUT2D eigenvalue weighted by Gasteiger charge is 2.27. The van der Waals surface area contributed by atoms with Crippen LogP contribution >= 0.6 is 11.3 Å². The van der Waals surface area contributed by atoms with Crippen LogP contribution in [-0.2, 0) is 16.1 Å². The van der Waals surface area contributed by atoms with Crippen LogP contribution < -0.4 is 14.3 Å². The predicted octanol–water partition coefficient (Wildman–Crippen LogP) is 3.32. The van der Waals surface area contributed by atoms with E-state index in [1.165, 1.54) is 11.3 Å². The molecule has 3 aromatic rings. The number of nitrogens with zero attached hydrogens (tertiary/aromatic N) is 2. The molecule has 2 aromatic carbocycles. The van der Waals surface area contributed by atoms with Gasteiger partial charge in [-0.25, -0.2) is 0 Å². The van der Waals surface area contributed by atoms with Gasteiger partial charge in [-0.2, -0.15) is 4.99 Å². The lowest BCUT2D eigenvalue weighted by atomic mass is 10.2. The summed E-state index contributed by atoms with van der Waals surface area (Å²) in [6.07, 6.45) is -0.749. The van der Waals surface area contributed by atoms with Gasteiger partial charge in [0.25, 0.3) is 5.91 Å². The lowest BCUT2D eigenvalue weighted by Gasteiger charge is -2.23. The number of benzene rings is 2. The van der Waals surface area contributed by atoms with Gasteiger partial charge in [0.1, 0.15) is 6.61 Å². The monoisotopic (exact) mass is 398 g/mol. The van der Waals surface area contributed by atoms with Crippen LogP contribution in [0.3, 0.4) is 0 Å². The topological polar surface area (TPSA) is 62.1 Å². The van der Waals surface area contributed by atoms with Gasteiger partial charge >= 0.3 is 0 Å². The maximum Gasteiger partial charge on any atom is 0.292 e. The summed E-state index contributed by atoms with van der Waals surface area (Å²) in [5.74, 6) is 0.874. The van der Waals surface area contributed by atoms with E-state index < -0.39 is 6.10 Å². The Morgan fingerprint density at radius 3 is 2.89 bits per heavy atom. The summed E-state index contributed by atoms with van der Waals surface area (Å²) < 4.78 is 20.1. The van der Waals surface area contributed by atoms with Crippen molar-refractivity contribution < 1.29 is 19.0 Å². The van der Waals surface area contributed by atoms with E-state index in [1.807, 2.05) is 37.3 Å². The number of carbonyl (C=O) groups is 1. The van der Waals surface area contributed by atoms with Crippen molar-refractivity contribution in [3.8, 4) is 11.5 Å². The van der Waals surface area contributed by atoms with Crippen molar-refractivity contribution in [1.82, 2.24) is 4.57 Å². The standard InChI is InChI=1S/C21H22N2O4S/c1-3-25-12-11-23-19-14(2)7-6-10-18(19)28-21(23)22-20(24)17-13-26-15-8-4-5-9-16(15)27-17/h4-10,17H,3,11-13H2,1-2H3/t17-/m1/s1. The fraction of sp³-hybridized carbons (Fsp3) is 0.333. The molecule has 0 bridgehead atoms. The normalized spacial score (nSPS) is 16.5. The first-order valence-electron chi connectivity index (χ1n) is 9.31. The SMILES string of the molecule is CCOCCn1c(=NC(=O)[C@H]2COc3ccccc3O2)sc2cccc(C)c21. The van der Waals surface area contributed by atoms with Crippen LogP contribution in [0.2, 0.25) is 0 Å². The molecule has 0 saturated heterocycles.